The van der Waals surface area contributed by atoms with Crippen LogP contribution in [0.1, 0.15) is 32.2 Å². The largest absolute Gasteiger partial charge is 0.347 e. The van der Waals surface area contributed by atoms with Crippen molar-refractivity contribution in [2.45, 2.75) is 13.1 Å². The summed E-state index contributed by atoms with van der Waals surface area (Å²) in [6.45, 7) is 0.00729. The average molecular weight is 371 g/mol. The molecule has 138 valence electrons. The number of amides is 2. The van der Waals surface area contributed by atoms with E-state index in [4.69, 9.17) is 0 Å². The van der Waals surface area contributed by atoms with Crippen LogP contribution >= 0.6 is 0 Å². The van der Waals surface area contributed by atoms with E-state index in [0.717, 1.165) is 12.1 Å². The molecule has 9 heteroatoms. The smallest absolute Gasteiger partial charge is 0.272 e. The van der Waals surface area contributed by atoms with Gasteiger partial charge in [0, 0.05) is 24.4 Å². The molecule has 2 amide bonds. The first-order chi connectivity index (χ1) is 13.0. The second kappa shape index (κ2) is 8.17. The van der Waals surface area contributed by atoms with Gasteiger partial charge in [0.25, 0.3) is 11.8 Å². The number of rotatable bonds is 6. The zero-order valence-electron chi connectivity index (χ0n) is 14.0. The van der Waals surface area contributed by atoms with E-state index in [9.17, 15) is 18.4 Å². The molecule has 0 bridgehead atoms. The lowest BCUT2D eigenvalue weighted by molar-refractivity contribution is 0.0911. The van der Waals surface area contributed by atoms with Crippen LogP contribution in [0.5, 0.6) is 0 Å². The molecule has 0 aliphatic heterocycles. The number of hydrogen-bond acceptors (Lipinski definition) is 4. The second-order valence-corrected chi connectivity index (χ2v) is 5.55. The van der Waals surface area contributed by atoms with Gasteiger partial charge in [0.2, 0.25) is 0 Å². The fourth-order valence-corrected chi connectivity index (χ4v) is 2.33. The van der Waals surface area contributed by atoms with Gasteiger partial charge >= 0.3 is 0 Å². The number of imidazole rings is 1. The quantitative estimate of drug-likeness (QED) is 0.617. The number of pyridine rings is 1. The van der Waals surface area contributed by atoms with Crippen LogP contribution in [0.25, 0.3) is 0 Å². The van der Waals surface area contributed by atoms with Crippen LogP contribution in [0.15, 0.2) is 48.9 Å². The van der Waals surface area contributed by atoms with Gasteiger partial charge in [-0.1, -0.05) is 12.1 Å². The van der Waals surface area contributed by atoms with Gasteiger partial charge < -0.3 is 15.6 Å². The molecule has 2 aromatic heterocycles. The Morgan fingerprint density at radius 1 is 1.00 bits per heavy atom. The highest BCUT2D eigenvalue weighted by Gasteiger charge is 2.20. The van der Waals surface area contributed by atoms with E-state index in [1.807, 2.05) is 0 Å². The van der Waals surface area contributed by atoms with Crippen LogP contribution < -0.4 is 10.6 Å². The van der Waals surface area contributed by atoms with E-state index in [-0.39, 0.29) is 30.0 Å². The van der Waals surface area contributed by atoms with Gasteiger partial charge in [0.1, 0.15) is 17.3 Å². The lowest BCUT2D eigenvalue weighted by Gasteiger charge is -2.07. The highest BCUT2D eigenvalue weighted by atomic mass is 19.1. The summed E-state index contributed by atoms with van der Waals surface area (Å²) in [7, 11) is 0. The molecule has 7 nitrogen and oxygen atoms in total. The molecular weight excluding hydrogens is 356 g/mol. The summed E-state index contributed by atoms with van der Waals surface area (Å²) >= 11 is 0. The van der Waals surface area contributed by atoms with Gasteiger partial charge in [-0.3, -0.25) is 14.6 Å². The van der Waals surface area contributed by atoms with E-state index in [0.29, 0.717) is 5.69 Å². The van der Waals surface area contributed by atoms with Crippen molar-refractivity contribution < 1.29 is 18.4 Å². The van der Waals surface area contributed by atoms with Gasteiger partial charge in [-0.25, -0.2) is 13.8 Å². The van der Waals surface area contributed by atoms with Crippen LogP contribution in [0.2, 0.25) is 0 Å². The molecule has 0 radical (unpaired) electrons. The molecule has 0 spiro atoms. The van der Waals surface area contributed by atoms with Gasteiger partial charge in [0.05, 0.1) is 18.6 Å². The minimum Gasteiger partial charge on any atom is -0.347 e. The number of H-pyrrole nitrogens is 1. The number of carbonyl (C=O) groups is 2. The van der Waals surface area contributed by atoms with Crippen LogP contribution in [0.3, 0.4) is 0 Å². The van der Waals surface area contributed by atoms with Crippen molar-refractivity contribution in [1.29, 1.82) is 0 Å². The third-order valence-corrected chi connectivity index (χ3v) is 3.69. The maximum Gasteiger partial charge on any atom is 0.272 e. The normalized spacial score (nSPS) is 10.4. The molecule has 1 aromatic carbocycles. The molecular formula is C18H15F2N5O2. The molecule has 2 heterocycles. The van der Waals surface area contributed by atoms with Crippen molar-refractivity contribution in [3.63, 3.8) is 0 Å². The Labute approximate surface area is 152 Å². The molecule has 3 N–H and O–H groups in total. The lowest BCUT2D eigenvalue weighted by Crippen LogP contribution is -2.29. The zero-order chi connectivity index (χ0) is 19.2. The Morgan fingerprint density at radius 3 is 2.56 bits per heavy atom. The topological polar surface area (TPSA) is 99.8 Å². The van der Waals surface area contributed by atoms with E-state index < -0.39 is 23.4 Å². The maximum atomic E-state index is 13.6. The molecule has 0 atom stereocenters. The van der Waals surface area contributed by atoms with Gasteiger partial charge in [-0.05, 0) is 18.2 Å². The highest BCUT2D eigenvalue weighted by Crippen LogP contribution is 2.10. The molecule has 3 rings (SSSR count). The molecule has 3 aromatic rings. The number of halogens is 2. The summed E-state index contributed by atoms with van der Waals surface area (Å²) in [5.41, 5.74) is 0.614. The standard InChI is InChI=1S/C18H15F2N5O2/c19-12-5-4-11(14(20)7-12)8-22-17(26)15-16(25-10-24-15)18(27)23-9-13-3-1-2-6-21-13/h1-7,10H,8-9H2,(H,22,26)(H,23,27)(H,24,25). The van der Waals surface area contributed by atoms with Crippen LogP contribution in [-0.4, -0.2) is 26.8 Å². The van der Waals surface area contributed by atoms with E-state index in [2.05, 4.69) is 25.6 Å². The molecule has 0 fully saturated rings. The third kappa shape index (κ3) is 4.51. The molecule has 0 aliphatic carbocycles. The van der Waals surface area contributed by atoms with Gasteiger partial charge in [-0.2, -0.15) is 0 Å². The van der Waals surface area contributed by atoms with Crippen molar-refractivity contribution in [2.24, 2.45) is 0 Å². The van der Waals surface area contributed by atoms with Crippen molar-refractivity contribution in [3.05, 3.63) is 83.2 Å². The van der Waals surface area contributed by atoms with Gasteiger partial charge in [-0.15, -0.1) is 0 Å². The van der Waals surface area contributed by atoms with E-state index in [1.54, 1.807) is 24.4 Å². The van der Waals surface area contributed by atoms with Crippen molar-refractivity contribution in [1.82, 2.24) is 25.6 Å². The third-order valence-electron chi connectivity index (χ3n) is 3.69. The van der Waals surface area contributed by atoms with Crippen LogP contribution in [0, 0.1) is 11.6 Å². The summed E-state index contributed by atoms with van der Waals surface area (Å²) in [5.74, 6) is -2.67. The molecule has 0 aliphatic rings. The number of hydrogen-bond donors (Lipinski definition) is 3. The number of carbonyl (C=O) groups excluding carboxylic acids is 2. The first kappa shape index (κ1) is 18.2. The first-order valence-corrected chi connectivity index (χ1v) is 7.98. The maximum absolute atomic E-state index is 13.6. The Balaban J connectivity index is 1.63. The SMILES string of the molecule is O=C(NCc1ccccn1)c1nc[nH]c1C(=O)NCc1ccc(F)cc1F. The summed E-state index contributed by atoms with van der Waals surface area (Å²) in [5, 5.41) is 5.09. The monoisotopic (exact) mass is 371 g/mol. The molecule has 0 saturated heterocycles. The number of benzene rings is 1. The van der Waals surface area contributed by atoms with Crippen molar-refractivity contribution >= 4 is 11.8 Å². The lowest BCUT2D eigenvalue weighted by atomic mass is 10.2. The van der Waals surface area contributed by atoms with E-state index in [1.165, 1.54) is 12.4 Å². The molecule has 0 saturated carbocycles. The van der Waals surface area contributed by atoms with Crippen LogP contribution in [-0.2, 0) is 13.1 Å². The summed E-state index contributed by atoms with van der Waals surface area (Å²) in [6, 6.07) is 8.35. The zero-order valence-corrected chi connectivity index (χ0v) is 14.0. The Bertz CT molecular complexity index is 959. The average Bonchev–Trinajstić information content (AvgIpc) is 3.16. The predicted octanol–water partition coefficient (Wildman–Crippen LogP) is 1.94. The fourth-order valence-electron chi connectivity index (χ4n) is 2.33. The second-order valence-electron chi connectivity index (χ2n) is 5.55. The first-order valence-electron chi connectivity index (χ1n) is 7.98. The minimum absolute atomic E-state index is 0.0592. The number of nitrogens with one attached hydrogen (secondary N) is 3. The number of aromatic amines is 1. The van der Waals surface area contributed by atoms with Crippen molar-refractivity contribution in [2.75, 3.05) is 0 Å². The fraction of sp³-hybridized carbons (Fsp3) is 0.111. The Kier molecular flexibility index (Phi) is 5.50. The molecule has 0 unspecified atom stereocenters. The Morgan fingerprint density at radius 2 is 1.81 bits per heavy atom. The van der Waals surface area contributed by atoms with E-state index >= 15 is 0 Å². The minimum atomic E-state index is -0.770. The predicted molar refractivity (Wildman–Crippen MR) is 91.5 cm³/mol. The number of aromatic nitrogens is 3. The van der Waals surface area contributed by atoms with Crippen LogP contribution in [0.4, 0.5) is 8.78 Å². The highest BCUT2D eigenvalue weighted by molar-refractivity contribution is 6.04. The van der Waals surface area contributed by atoms with Gasteiger partial charge in [0.15, 0.2) is 5.69 Å². The summed E-state index contributed by atoms with van der Waals surface area (Å²) in [4.78, 5) is 35.1. The summed E-state index contributed by atoms with van der Waals surface area (Å²) in [6.07, 6.45) is 2.81. The molecule has 27 heavy (non-hydrogen) atoms. The Hall–Kier alpha value is -3.62. The van der Waals surface area contributed by atoms with Crippen molar-refractivity contribution in [3.8, 4) is 0 Å². The number of nitrogens with zero attached hydrogens (tertiary/aromatic N) is 2. The summed E-state index contributed by atoms with van der Waals surface area (Å²) < 4.78 is 26.5.